The Hall–Kier alpha value is -3.28. The van der Waals surface area contributed by atoms with Gasteiger partial charge in [0.2, 0.25) is 5.91 Å². The molecule has 1 saturated heterocycles. The van der Waals surface area contributed by atoms with Gasteiger partial charge < -0.3 is 19.9 Å². The highest BCUT2D eigenvalue weighted by Crippen LogP contribution is 2.38. The Morgan fingerprint density at radius 2 is 1.88 bits per heavy atom. The van der Waals surface area contributed by atoms with Crippen molar-refractivity contribution in [1.82, 2.24) is 15.2 Å². The second kappa shape index (κ2) is 9.53. The number of carbonyl (C=O) groups excluding carboxylic acids is 2. The first kappa shape index (κ1) is 22.5. The number of benzene rings is 2. The van der Waals surface area contributed by atoms with E-state index in [9.17, 15) is 9.59 Å². The Morgan fingerprint density at radius 1 is 1.06 bits per heavy atom. The summed E-state index contributed by atoms with van der Waals surface area (Å²) in [5, 5.41) is 4.31. The summed E-state index contributed by atoms with van der Waals surface area (Å²) in [6, 6.07) is 15.9. The van der Waals surface area contributed by atoms with Gasteiger partial charge in [-0.1, -0.05) is 30.7 Å². The van der Waals surface area contributed by atoms with Crippen molar-refractivity contribution >= 4 is 22.7 Å². The van der Waals surface area contributed by atoms with E-state index in [2.05, 4.69) is 22.4 Å². The SMILES string of the molecule is C[C@@H]1COc2ccccc2CCCCC2(CCN(C(=O)c3ccc4cc[nH]c4c3)CC2)C(=O)N1. The van der Waals surface area contributed by atoms with Crippen molar-refractivity contribution in [2.45, 2.75) is 51.5 Å². The van der Waals surface area contributed by atoms with Gasteiger partial charge in [0.15, 0.2) is 0 Å². The second-order valence-corrected chi connectivity index (χ2v) is 9.85. The molecule has 2 aliphatic rings. The first-order chi connectivity index (χ1) is 16.5. The number of H-pyrrole nitrogens is 1. The van der Waals surface area contributed by atoms with Crippen molar-refractivity contribution in [2.24, 2.45) is 5.41 Å². The molecule has 0 bridgehead atoms. The molecule has 6 heteroatoms. The Bertz CT molecular complexity index is 1180. The van der Waals surface area contributed by atoms with Gasteiger partial charge in [-0.3, -0.25) is 9.59 Å². The summed E-state index contributed by atoms with van der Waals surface area (Å²) in [5.41, 5.74) is 2.47. The Balaban J connectivity index is 1.28. The molecule has 34 heavy (non-hydrogen) atoms. The monoisotopic (exact) mass is 459 g/mol. The number of aryl methyl sites for hydroxylation is 1. The number of hydrogen-bond donors (Lipinski definition) is 2. The number of ether oxygens (including phenoxy) is 1. The van der Waals surface area contributed by atoms with E-state index in [0.29, 0.717) is 38.1 Å². The zero-order valence-electron chi connectivity index (χ0n) is 19.8. The number of carbonyl (C=O) groups is 2. The molecule has 3 aromatic rings. The minimum absolute atomic E-state index is 0.0401. The number of para-hydroxylation sites is 1. The zero-order chi connectivity index (χ0) is 23.5. The Morgan fingerprint density at radius 3 is 2.74 bits per heavy atom. The maximum absolute atomic E-state index is 13.5. The first-order valence-electron chi connectivity index (χ1n) is 12.4. The maximum atomic E-state index is 13.5. The molecule has 2 aliphatic heterocycles. The van der Waals surface area contributed by atoms with Gasteiger partial charge in [0.25, 0.3) is 5.91 Å². The summed E-state index contributed by atoms with van der Waals surface area (Å²) in [6.07, 6.45) is 7.08. The van der Waals surface area contributed by atoms with E-state index in [1.165, 1.54) is 5.56 Å². The van der Waals surface area contributed by atoms with E-state index < -0.39 is 5.41 Å². The van der Waals surface area contributed by atoms with E-state index >= 15 is 0 Å². The molecule has 5 rings (SSSR count). The van der Waals surface area contributed by atoms with Crippen LogP contribution in [0, 0.1) is 5.41 Å². The van der Waals surface area contributed by atoms with E-state index in [0.717, 1.165) is 42.3 Å². The lowest BCUT2D eigenvalue weighted by molar-refractivity contribution is -0.135. The minimum Gasteiger partial charge on any atom is -0.491 e. The molecule has 6 nitrogen and oxygen atoms in total. The van der Waals surface area contributed by atoms with Crippen LogP contribution >= 0.6 is 0 Å². The molecular weight excluding hydrogens is 426 g/mol. The van der Waals surface area contributed by atoms with Crippen molar-refractivity contribution < 1.29 is 14.3 Å². The maximum Gasteiger partial charge on any atom is 0.253 e. The predicted molar refractivity (Wildman–Crippen MR) is 133 cm³/mol. The molecule has 0 unspecified atom stereocenters. The van der Waals surface area contributed by atoms with Crippen LogP contribution in [0.5, 0.6) is 5.75 Å². The van der Waals surface area contributed by atoms with Gasteiger partial charge in [-0.15, -0.1) is 0 Å². The predicted octanol–water partition coefficient (Wildman–Crippen LogP) is 4.70. The molecule has 0 aliphatic carbocycles. The second-order valence-electron chi connectivity index (χ2n) is 9.85. The van der Waals surface area contributed by atoms with Crippen molar-refractivity contribution in [3.63, 3.8) is 0 Å². The highest BCUT2D eigenvalue weighted by Gasteiger charge is 2.42. The molecule has 2 aromatic carbocycles. The fourth-order valence-electron chi connectivity index (χ4n) is 5.36. The van der Waals surface area contributed by atoms with Crippen LogP contribution in [0.2, 0.25) is 0 Å². The molecule has 3 heterocycles. The van der Waals surface area contributed by atoms with Gasteiger partial charge in [-0.25, -0.2) is 0 Å². The molecule has 2 amide bonds. The summed E-state index contributed by atoms with van der Waals surface area (Å²) in [6.45, 7) is 3.64. The highest BCUT2D eigenvalue weighted by atomic mass is 16.5. The van der Waals surface area contributed by atoms with Crippen molar-refractivity contribution in [2.75, 3.05) is 19.7 Å². The number of amides is 2. The number of aromatic nitrogens is 1. The van der Waals surface area contributed by atoms with Gasteiger partial charge in [-0.05, 0) is 74.2 Å². The minimum atomic E-state index is -0.423. The van der Waals surface area contributed by atoms with Crippen LogP contribution in [0.1, 0.15) is 54.9 Å². The zero-order valence-corrected chi connectivity index (χ0v) is 19.8. The van der Waals surface area contributed by atoms with Crippen LogP contribution in [-0.2, 0) is 11.2 Å². The molecule has 1 aromatic heterocycles. The average molecular weight is 460 g/mol. The van der Waals surface area contributed by atoms with Gasteiger partial charge in [0.05, 0.1) is 11.5 Å². The van der Waals surface area contributed by atoms with Crippen LogP contribution in [0.4, 0.5) is 0 Å². The smallest absolute Gasteiger partial charge is 0.253 e. The topological polar surface area (TPSA) is 74.4 Å². The summed E-state index contributed by atoms with van der Waals surface area (Å²) < 4.78 is 6.05. The molecule has 1 atom stereocenters. The van der Waals surface area contributed by atoms with Gasteiger partial charge in [0, 0.05) is 30.4 Å². The van der Waals surface area contributed by atoms with Crippen LogP contribution in [0.3, 0.4) is 0 Å². The quantitative estimate of drug-likeness (QED) is 0.554. The van der Waals surface area contributed by atoms with E-state index in [1.807, 2.05) is 54.4 Å². The number of piperidine rings is 1. The average Bonchev–Trinajstić information content (AvgIpc) is 3.33. The van der Waals surface area contributed by atoms with Crippen LogP contribution in [0.25, 0.3) is 10.9 Å². The lowest BCUT2D eigenvalue weighted by Crippen LogP contribution is -2.52. The number of rotatable bonds is 1. The first-order valence-corrected chi connectivity index (χ1v) is 12.4. The number of likely N-dealkylation sites (tertiary alicyclic amines) is 1. The van der Waals surface area contributed by atoms with Crippen LogP contribution < -0.4 is 10.1 Å². The highest BCUT2D eigenvalue weighted by molar-refractivity contribution is 5.98. The lowest BCUT2D eigenvalue weighted by Gasteiger charge is -2.41. The van der Waals surface area contributed by atoms with Gasteiger partial charge in [-0.2, -0.15) is 0 Å². The fraction of sp³-hybridized carbons (Fsp3) is 0.429. The van der Waals surface area contributed by atoms with E-state index in [4.69, 9.17) is 4.74 Å². The Kier molecular flexibility index (Phi) is 6.31. The summed E-state index contributed by atoms with van der Waals surface area (Å²) in [4.78, 5) is 31.7. The van der Waals surface area contributed by atoms with Gasteiger partial charge in [0.1, 0.15) is 12.4 Å². The number of hydrogen-bond acceptors (Lipinski definition) is 3. The molecule has 178 valence electrons. The standard InChI is InChI=1S/C28H33N3O3/c1-20-19-34-25-8-3-2-6-22(25)7-4-5-12-28(27(33)30-20)13-16-31(17-14-28)26(32)23-10-9-21-11-15-29-24(21)18-23/h2-3,6,8-11,15,18,20,29H,4-5,7,12-14,16-17,19H2,1H3,(H,30,33)/t20-/m1/s1. The van der Waals surface area contributed by atoms with Crippen molar-refractivity contribution in [1.29, 1.82) is 0 Å². The lowest BCUT2D eigenvalue weighted by atomic mass is 9.73. The molecule has 0 saturated carbocycles. The number of nitrogens with one attached hydrogen (secondary N) is 2. The normalized spacial score (nSPS) is 21.1. The molecule has 2 N–H and O–H groups in total. The van der Waals surface area contributed by atoms with E-state index in [-0.39, 0.29) is 17.9 Å². The summed E-state index contributed by atoms with van der Waals surface area (Å²) >= 11 is 0. The number of fused-ring (bicyclic) bond motifs is 2. The third-order valence-corrected chi connectivity index (χ3v) is 7.48. The summed E-state index contributed by atoms with van der Waals surface area (Å²) in [7, 11) is 0. The van der Waals surface area contributed by atoms with E-state index in [1.54, 1.807) is 0 Å². The third kappa shape index (κ3) is 4.54. The van der Waals surface area contributed by atoms with Crippen LogP contribution in [0.15, 0.2) is 54.7 Å². The largest absolute Gasteiger partial charge is 0.491 e. The Labute approximate surface area is 200 Å². The molecular formula is C28H33N3O3. The van der Waals surface area contributed by atoms with Gasteiger partial charge >= 0.3 is 0 Å². The molecule has 1 fully saturated rings. The molecule has 0 radical (unpaired) electrons. The fourth-order valence-corrected chi connectivity index (χ4v) is 5.36. The van der Waals surface area contributed by atoms with Crippen molar-refractivity contribution in [3.8, 4) is 5.75 Å². The van der Waals surface area contributed by atoms with Crippen molar-refractivity contribution in [3.05, 3.63) is 65.9 Å². The number of aromatic amines is 1. The number of nitrogens with zero attached hydrogens (tertiary/aromatic N) is 1. The summed E-state index contributed by atoms with van der Waals surface area (Å²) in [5.74, 6) is 1.07. The van der Waals surface area contributed by atoms with Crippen LogP contribution in [-0.4, -0.2) is 47.4 Å². The third-order valence-electron chi connectivity index (χ3n) is 7.48. The molecule has 1 spiro atoms.